The Kier molecular flexibility index (Phi) is 5.51. The van der Waals surface area contributed by atoms with E-state index in [0.717, 1.165) is 5.56 Å². The number of ether oxygens (including phenoxy) is 1. The molecule has 1 aromatic carbocycles. The average molecular weight is 264 g/mol. The van der Waals surface area contributed by atoms with E-state index in [-0.39, 0.29) is 17.9 Å². The maximum Gasteiger partial charge on any atom is 0.260 e. The summed E-state index contributed by atoms with van der Waals surface area (Å²) in [5.41, 5.74) is 8.80. The minimum atomic E-state index is -0.175. The van der Waals surface area contributed by atoms with Gasteiger partial charge in [0.2, 0.25) is 0 Å². The number of hydrogen-bond acceptors (Lipinski definition) is 3. The highest BCUT2D eigenvalue weighted by molar-refractivity contribution is 5.76. The van der Waals surface area contributed by atoms with Crippen LogP contribution >= 0.6 is 0 Å². The smallest absolute Gasteiger partial charge is 0.260 e. The third-order valence-corrected chi connectivity index (χ3v) is 2.96. The number of hydrazine groups is 1. The predicted octanol–water partition coefficient (Wildman–Crippen LogP) is 2.06. The zero-order chi connectivity index (χ0) is 14.5. The van der Waals surface area contributed by atoms with Gasteiger partial charge in [-0.15, -0.1) is 0 Å². The number of carbonyl (C=O) groups is 1. The van der Waals surface area contributed by atoms with E-state index in [1.54, 1.807) is 7.05 Å². The maximum atomic E-state index is 11.2. The van der Waals surface area contributed by atoms with Gasteiger partial charge in [-0.3, -0.25) is 10.2 Å². The standard InChI is InChI=1S/C15H24N2O2/c1-11-8-13(15(2,3)4)7-6-12(11)9-19-10-14(18)17-16-5/h6-8,16H,9-10H2,1-5H3,(H,17,18). The van der Waals surface area contributed by atoms with Crippen LogP contribution in [0.25, 0.3) is 0 Å². The molecule has 2 N–H and O–H groups in total. The lowest BCUT2D eigenvalue weighted by molar-refractivity contribution is -0.126. The average Bonchev–Trinajstić information content (AvgIpc) is 2.30. The Bertz CT molecular complexity index is 436. The molecular weight excluding hydrogens is 240 g/mol. The van der Waals surface area contributed by atoms with Crippen LogP contribution in [0.15, 0.2) is 18.2 Å². The summed E-state index contributed by atoms with van der Waals surface area (Å²) < 4.78 is 5.39. The van der Waals surface area contributed by atoms with Gasteiger partial charge >= 0.3 is 0 Å². The fourth-order valence-electron chi connectivity index (χ4n) is 1.75. The Hall–Kier alpha value is -1.39. The van der Waals surface area contributed by atoms with Crippen LogP contribution in [0.4, 0.5) is 0 Å². The maximum absolute atomic E-state index is 11.2. The lowest BCUT2D eigenvalue weighted by Gasteiger charge is -2.20. The molecule has 1 aromatic rings. The summed E-state index contributed by atoms with van der Waals surface area (Å²) >= 11 is 0. The number of aryl methyl sites for hydroxylation is 1. The molecule has 1 rings (SSSR count). The van der Waals surface area contributed by atoms with E-state index < -0.39 is 0 Å². The molecule has 0 atom stereocenters. The molecule has 4 heteroatoms. The zero-order valence-corrected chi connectivity index (χ0v) is 12.5. The summed E-state index contributed by atoms with van der Waals surface area (Å²) in [5.74, 6) is -0.175. The lowest BCUT2D eigenvalue weighted by Crippen LogP contribution is -2.36. The van der Waals surface area contributed by atoms with Gasteiger partial charge in [0.05, 0.1) is 6.61 Å². The Morgan fingerprint density at radius 3 is 2.53 bits per heavy atom. The largest absolute Gasteiger partial charge is 0.367 e. The zero-order valence-electron chi connectivity index (χ0n) is 12.5. The van der Waals surface area contributed by atoms with Gasteiger partial charge in [0.1, 0.15) is 6.61 Å². The molecule has 4 nitrogen and oxygen atoms in total. The number of hydrogen-bond donors (Lipinski definition) is 2. The van der Waals surface area contributed by atoms with E-state index in [4.69, 9.17) is 4.74 Å². The van der Waals surface area contributed by atoms with Gasteiger partial charge in [-0.25, -0.2) is 5.43 Å². The van der Waals surface area contributed by atoms with E-state index in [9.17, 15) is 4.79 Å². The number of amides is 1. The second kappa shape index (κ2) is 6.68. The van der Waals surface area contributed by atoms with E-state index in [1.165, 1.54) is 11.1 Å². The SMILES string of the molecule is CNNC(=O)COCc1ccc(C(C)(C)C)cc1C. The fourth-order valence-corrected chi connectivity index (χ4v) is 1.75. The van der Waals surface area contributed by atoms with Crippen molar-refractivity contribution in [3.8, 4) is 0 Å². The minimum Gasteiger partial charge on any atom is -0.367 e. The lowest BCUT2D eigenvalue weighted by atomic mass is 9.85. The molecule has 0 saturated carbocycles. The third-order valence-electron chi connectivity index (χ3n) is 2.96. The first-order valence-corrected chi connectivity index (χ1v) is 6.48. The second-order valence-electron chi connectivity index (χ2n) is 5.68. The molecule has 0 aliphatic carbocycles. The molecule has 106 valence electrons. The molecular formula is C15H24N2O2. The van der Waals surface area contributed by atoms with E-state index >= 15 is 0 Å². The van der Waals surface area contributed by atoms with Gasteiger partial charge in [0, 0.05) is 7.05 Å². The molecule has 19 heavy (non-hydrogen) atoms. The molecule has 0 unspecified atom stereocenters. The van der Waals surface area contributed by atoms with Crippen LogP contribution in [0, 0.1) is 6.92 Å². The number of nitrogens with one attached hydrogen (secondary N) is 2. The van der Waals surface area contributed by atoms with Crippen molar-refractivity contribution in [2.75, 3.05) is 13.7 Å². The van der Waals surface area contributed by atoms with Gasteiger partial charge < -0.3 is 4.74 Å². The molecule has 0 bridgehead atoms. The Morgan fingerprint density at radius 1 is 1.32 bits per heavy atom. The van der Waals surface area contributed by atoms with Crippen LogP contribution < -0.4 is 10.9 Å². The Morgan fingerprint density at radius 2 is 2.00 bits per heavy atom. The van der Waals surface area contributed by atoms with E-state index in [0.29, 0.717) is 6.61 Å². The van der Waals surface area contributed by atoms with Crippen LogP contribution in [0.5, 0.6) is 0 Å². The van der Waals surface area contributed by atoms with Gasteiger partial charge in [-0.2, -0.15) is 0 Å². The summed E-state index contributed by atoms with van der Waals surface area (Å²) in [4.78, 5) is 11.2. The summed E-state index contributed by atoms with van der Waals surface area (Å²) in [7, 11) is 1.65. The predicted molar refractivity (Wildman–Crippen MR) is 76.7 cm³/mol. The monoisotopic (exact) mass is 264 g/mol. The van der Waals surface area contributed by atoms with Crippen LogP contribution in [-0.2, 0) is 21.6 Å². The van der Waals surface area contributed by atoms with Crippen molar-refractivity contribution in [1.82, 2.24) is 10.9 Å². The Balaban J connectivity index is 2.58. The van der Waals surface area contributed by atoms with Crippen molar-refractivity contribution >= 4 is 5.91 Å². The first-order valence-electron chi connectivity index (χ1n) is 6.48. The summed E-state index contributed by atoms with van der Waals surface area (Å²) in [5, 5.41) is 0. The highest BCUT2D eigenvalue weighted by atomic mass is 16.5. The van der Waals surface area contributed by atoms with Crippen LogP contribution in [0.1, 0.15) is 37.5 Å². The van der Waals surface area contributed by atoms with Crippen molar-refractivity contribution in [3.05, 3.63) is 34.9 Å². The minimum absolute atomic E-state index is 0.0568. The van der Waals surface area contributed by atoms with Crippen molar-refractivity contribution < 1.29 is 9.53 Å². The van der Waals surface area contributed by atoms with Crippen molar-refractivity contribution in [2.45, 2.75) is 39.7 Å². The van der Waals surface area contributed by atoms with Crippen LogP contribution in [0.3, 0.4) is 0 Å². The first kappa shape index (κ1) is 15.7. The van der Waals surface area contributed by atoms with Crippen LogP contribution in [-0.4, -0.2) is 19.6 Å². The quantitative estimate of drug-likeness (QED) is 0.800. The normalized spacial score (nSPS) is 11.4. The van der Waals surface area contributed by atoms with Gasteiger partial charge in [0.15, 0.2) is 0 Å². The molecule has 1 amide bonds. The molecule has 0 aromatic heterocycles. The first-order chi connectivity index (χ1) is 8.84. The fraction of sp³-hybridized carbons (Fsp3) is 0.533. The molecule has 0 aliphatic rings. The second-order valence-corrected chi connectivity index (χ2v) is 5.68. The summed E-state index contributed by atoms with van der Waals surface area (Å²) in [6.45, 7) is 9.16. The van der Waals surface area contributed by atoms with E-state index in [2.05, 4.69) is 56.7 Å². The molecule has 0 fully saturated rings. The highest BCUT2D eigenvalue weighted by Gasteiger charge is 2.14. The summed E-state index contributed by atoms with van der Waals surface area (Å²) in [6, 6.07) is 6.39. The van der Waals surface area contributed by atoms with Crippen molar-refractivity contribution in [2.24, 2.45) is 0 Å². The van der Waals surface area contributed by atoms with Gasteiger partial charge in [-0.05, 0) is 29.0 Å². The molecule has 0 radical (unpaired) electrons. The van der Waals surface area contributed by atoms with E-state index in [1.807, 2.05) is 0 Å². The number of rotatable bonds is 5. The molecule has 0 aliphatic heterocycles. The Labute approximate surface area is 115 Å². The van der Waals surface area contributed by atoms with Crippen LogP contribution in [0.2, 0.25) is 0 Å². The third kappa shape index (κ3) is 5.01. The van der Waals surface area contributed by atoms with Gasteiger partial charge in [-0.1, -0.05) is 39.0 Å². The van der Waals surface area contributed by atoms with Gasteiger partial charge in [0.25, 0.3) is 5.91 Å². The molecule has 0 saturated heterocycles. The van der Waals surface area contributed by atoms with Crippen molar-refractivity contribution in [1.29, 1.82) is 0 Å². The number of carbonyl (C=O) groups excluding carboxylic acids is 1. The molecule has 0 spiro atoms. The molecule has 0 heterocycles. The highest BCUT2D eigenvalue weighted by Crippen LogP contribution is 2.24. The van der Waals surface area contributed by atoms with Crippen molar-refractivity contribution in [3.63, 3.8) is 0 Å². The summed E-state index contributed by atoms with van der Waals surface area (Å²) in [6.07, 6.45) is 0. The number of benzene rings is 1. The topological polar surface area (TPSA) is 50.4 Å².